The van der Waals surface area contributed by atoms with Gasteiger partial charge in [-0.2, -0.15) is 0 Å². The van der Waals surface area contributed by atoms with Crippen LogP contribution in [0.5, 0.6) is 0 Å². The van der Waals surface area contributed by atoms with Crippen molar-refractivity contribution < 1.29 is 4.74 Å². The lowest BCUT2D eigenvalue weighted by Gasteiger charge is -2.38. The van der Waals surface area contributed by atoms with E-state index in [0.717, 1.165) is 13.1 Å². The van der Waals surface area contributed by atoms with Crippen molar-refractivity contribution in [1.82, 2.24) is 0 Å². The van der Waals surface area contributed by atoms with Crippen molar-refractivity contribution in [2.24, 2.45) is 5.92 Å². The van der Waals surface area contributed by atoms with E-state index in [1.165, 1.54) is 23.2 Å². The molecule has 0 saturated carbocycles. The predicted octanol–water partition coefficient (Wildman–Crippen LogP) is 3.60. The first-order valence-electron chi connectivity index (χ1n) is 6.59. The van der Waals surface area contributed by atoms with E-state index in [1.54, 1.807) is 0 Å². The molecule has 2 nitrogen and oxygen atoms in total. The molecule has 1 fully saturated rings. The number of hydrogen-bond acceptors (Lipinski definition) is 2. The topological polar surface area (TPSA) is 12.5 Å². The maximum absolute atomic E-state index is 6.06. The summed E-state index contributed by atoms with van der Waals surface area (Å²) in [4.78, 5) is 2.41. The number of halogens is 1. The zero-order valence-corrected chi connectivity index (χ0v) is 12.2. The summed E-state index contributed by atoms with van der Waals surface area (Å²) in [5.74, 6) is 1.21. The largest absolute Gasteiger partial charge is 0.379 e. The van der Waals surface area contributed by atoms with Gasteiger partial charge in [0, 0.05) is 31.8 Å². The zero-order valence-electron chi connectivity index (χ0n) is 11.4. The minimum atomic E-state index is 0.322. The van der Waals surface area contributed by atoms with Crippen LogP contribution in [0.3, 0.4) is 0 Å². The van der Waals surface area contributed by atoms with Gasteiger partial charge in [0.25, 0.3) is 0 Å². The molecule has 0 bridgehead atoms. The van der Waals surface area contributed by atoms with Crippen LogP contribution in [0.2, 0.25) is 0 Å². The second-order valence-corrected chi connectivity index (χ2v) is 5.52. The van der Waals surface area contributed by atoms with Crippen molar-refractivity contribution in [3.8, 4) is 0 Å². The number of alkyl halides is 1. The average molecular weight is 268 g/mol. The molecule has 1 heterocycles. The van der Waals surface area contributed by atoms with E-state index in [4.69, 9.17) is 16.3 Å². The lowest BCUT2D eigenvalue weighted by Crippen LogP contribution is -2.44. The third kappa shape index (κ3) is 2.81. The lowest BCUT2D eigenvalue weighted by molar-refractivity contribution is 0.0498. The van der Waals surface area contributed by atoms with Gasteiger partial charge in [0.15, 0.2) is 0 Å². The maximum Gasteiger partial charge on any atom is 0.0772 e. The van der Waals surface area contributed by atoms with Gasteiger partial charge in [-0.3, -0.25) is 0 Å². The summed E-state index contributed by atoms with van der Waals surface area (Å²) in [5, 5.41) is 0. The standard InChI is InChI=1S/C15H22ClNO/c1-11-4-5-14(13(8-11)9-16)17-7-6-12(2)15(10-17)18-3/h4-5,8,12,15H,6-7,9-10H2,1-3H3. The van der Waals surface area contributed by atoms with Crippen molar-refractivity contribution in [1.29, 1.82) is 0 Å². The van der Waals surface area contributed by atoms with Crippen molar-refractivity contribution in [2.75, 3.05) is 25.1 Å². The van der Waals surface area contributed by atoms with E-state index in [0.29, 0.717) is 17.9 Å². The number of hydrogen-bond donors (Lipinski definition) is 0. The molecule has 0 amide bonds. The van der Waals surface area contributed by atoms with Crippen LogP contribution in [-0.2, 0) is 10.6 Å². The summed E-state index contributed by atoms with van der Waals surface area (Å²) in [6.45, 7) is 6.43. The quantitative estimate of drug-likeness (QED) is 0.776. The van der Waals surface area contributed by atoms with Crippen LogP contribution in [0.1, 0.15) is 24.5 Å². The molecule has 2 unspecified atom stereocenters. The van der Waals surface area contributed by atoms with Gasteiger partial charge in [0.1, 0.15) is 0 Å². The summed E-state index contributed by atoms with van der Waals surface area (Å²) in [6.07, 6.45) is 1.50. The van der Waals surface area contributed by atoms with Crippen LogP contribution >= 0.6 is 11.6 Å². The van der Waals surface area contributed by atoms with Crippen LogP contribution in [0.25, 0.3) is 0 Å². The maximum atomic E-state index is 6.06. The van der Waals surface area contributed by atoms with Crippen LogP contribution in [0.4, 0.5) is 5.69 Å². The second kappa shape index (κ2) is 5.94. The van der Waals surface area contributed by atoms with Gasteiger partial charge in [-0.1, -0.05) is 24.6 Å². The van der Waals surface area contributed by atoms with Crippen LogP contribution in [0, 0.1) is 12.8 Å². The molecule has 0 aliphatic carbocycles. The Hall–Kier alpha value is -0.730. The third-order valence-electron chi connectivity index (χ3n) is 3.91. The van der Waals surface area contributed by atoms with E-state index in [-0.39, 0.29) is 0 Å². The van der Waals surface area contributed by atoms with Crippen LogP contribution in [-0.4, -0.2) is 26.3 Å². The number of benzene rings is 1. The molecular weight excluding hydrogens is 246 g/mol. The van der Waals surface area contributed by atoms with Crippen LogP contribution in [0.15, 0.2) is 18.2 Å². The first-order chi connectivity index (χ1) is 8.65. The number of rotatable bonds is 3. The Labute approximate surface area is 115 Å². The number of methoxy groups -OCH3 is 1. The number of piperidine rings is 1. The minimum Gasteiger partial charge on any atom is -0.379 e. The van der Waals surface area contributed by atoms with E-state index in [1.807, 2.05) is 7.11 Å². The van der Waals surface area contributed by atoms with Crippen LogP contribution < -0.4 is 4.90 Å². The molecule has 1 aliphatic heterocycles. The number of anilines is 1. The van der Waals surface area contributed by atoms with E-state index >= 15 is 0 Å². The SMILES string of the molecule is COC1CN(c2ccc(C)cc2CCl)CCC1C. The molecule has 1 aliphatic rings. The number of aryl methyl sites for hydroxylation is 1. The van der Waals surface area contributed by atoms with Gasteiger partial charge in [-0.25, -0.2) is 0 Å². The van der Waals surface area contributed by atoms with Gasteiger partial charge in [-0.05, 0) is 30.9 Å². The highest BCUT2D eigenvalue weighted by Crippen LogP contribution is 2.29. The molecule has 0 spiro atoms. The van der Waals surface area contributed by atoms with Gasteiger partial charge in [0.2, 0.25) is 0 Å². The number of ether oxygens (including phenoxy) is 1. The number of nitrogens with zero attached hydrogens (tertiary/aromatic N) is 1. The van der Waals surface area contributed by atoms with Gasteiger partial charge >= 0.3 is 0 Å². The molecule has 0 radical (unpaired) electrons. The molecule has 3 heteroatoms. The normalized spacial score (nSPS) is 24.3. The molecule has 2 rings (SSSR count). The highest BCUT2D eigenvalue weighted by atomic mass is 35.5. The summed E-state index contributed by atoms with van der Waals surface area (Å²) in [7, 11) is 1.81. The van der Waals surface area contributed by atoms with Crippen molar-refractivity contribution in [2.45, 2.75) is 32.3 Å². The van der Waals surface area contributed by atoms with E-state index < -0.39 is 0 Å². The highest BCUT2D eigenvalue weighted by molar-refractivity contribution is 6.17. The Morgan fingerprint density at radius 1 is 1.44 bits per heavy atom. The fourth-order valence-corrected chi connectivity index (χ4v) is 2.90. The molecule has 1 aromatic carbocycles. The Bertz CT molecular complexity index is 407. The van der Waals surface area contributed by atoms with E-state index in [2.05, 4.69) is 36.9 Å². The average Bonchev–Trinajstić information content (AvgIpc) is 2.39. The van der Waals surface area contributed by atoms with E-state index in [9.17, 15) is 0 Å². The first-order valence-corrected chi connectivity index (χ1v) is 7.12. The molecule has 1 aromatic rings. The molecule has 0 N–H and O–H groups in total. The fourth-order valence-electron chi connectivity index (χ4n) is 2.69. The lowest BCUT2D eigenvalue weighted by atomic mass is 9.95. The molecule has 100 valence electrons. The van der Waals surface area contributed by atoms with Crippen molar-refractivity contribution in [3.05, 3.63) is 29.3 Å². The van der Waals surface area contributed by atoms with Crippen molar-refractivity contribution in [3.63, 3.8) is 0 Å². The highest BCUT2D eigenvalue weighted by Gasteiger charge is 2.26. The van der Waals surface area contributed by atoms with Gasteiger partial charge in [0.05, 0.1) is 6.10 Å². The smallest absolute Gasteiger partial charge is 0.0772 e. The monoisotopic (exact) mass is 267 g/mol. The molecule has 18 heavy (non-hydrogen) atoms. The Balaban J connectivity index is 2.21. The van der Waals surface area contributed by atoms with Crippen molar-refractivity contribution >= 4 is 17.3 Å². The second-order valence-electron chi connectivity index (χ2n) is 5.25. The van der Waals surface area contributed by atoms with Gasteiger partial charge < -0.3 is 9.64 Å². The minimum absolute atomic E-state index is 0.322. The zero-order chi connectivity index (χ0) is 13.1. The summed E-state index contributed by atoms with van der Waals surface area (Å²) in [6, 6.07) is 6.53. The molecule has 0 aromatic heterocycles. The predicted molar refractivity (Wildman–Crippen MR) is 77.5 cm³/mol. The molecular formula is C15H22ClNO. The first kappa shape index (κ1) is 13.7. The summed E-state index contributed by atoms with van der Waals surface area (Å²) >= 11 is 6.06. The Morgan fingerprint density at radius 3 is 2.89 bits per heavy atom. The Kier molecular flexibility index (Phi) is 4.52. The fraction of sp³-hybridized carbons (Fsp3) is 0.600. The third-order valence-corrected chi connectivity index (χ3v) is 4.20. The van der Waals surface area contributed by atoms with Gasteiger partial charge in [-0.15, -0.1) is 11.6 Å². The Morgan fingerprint density at radius 2 is 2.22 bits per heavy atom. The molecule has 1 saturated heterocycles. The summed E-state index contributed by atoms with van der Waals surface area (Å²) in [5.41, 5.74) is 3.76. The molecule has 2 atom stereocenters. The summed E-state index contributed by atoms with van der Waals surface area (Å²) < 4.78 is 5.58.